The fourth-order valence-corrected chi connectivity index (χ4v) is 4.92. The first-order valence-electron chi connectivity index (χ1n) is 9.72. The summed E-state index contributed by atoms with van der Waals surface area (Å²) in [6, 6.07) is 14.8. The van der Waals surface area contributed by atoms with Gasteiger partial charge in [0.05, 0.1) is 15.7 Å². The number of amides is 4. The highest BCUT2D eigenvalue weighted by Gasteiger charge is 2.37. The van der Waals surface area contributed by atoms with Gasteiger partial charge < -0.3 is 4.18 Å². The molecule has 1 aliphatic heterocycles. The normalized spacial score (nSPS) is 15.3. The summed E-state index contributed by atoms with van der Waals surface area (Å²) in [7, 11) is -4.22. The highest BCUT2D eigenvalue weighted by Crippen LogP contribution is 2.37. The Morgan fingerprint density at radius 2 is 1.46 bits per heavy atom. The zero-order chi connectivity index (χ0) is 25.3. The Morgan fingerprint density at radius 3 is 2.06 bits per heavy atom. The van der Waals surface area contributed by atoms with Crippen LogP contribution in [-0.4, -0.2) is 26.3 Å². The van der Waals surface area contributed by atoms with Crippen LogP contribution in [0.5, 0.6) is 5.75 Å². The lowest BCUT2D eigenvalue weighted by Gasteiger charge is -2.26. The quantitative estimate of drug-likeness (QED) is 0.269. The molecule has 3 aromatic rings. The smallest absolute Gasteiger partial charge is 0.339 e. The zero-order valence-electron chi connectivity index (χ0n) is 17.4. The Bertz CT molecular complexity index is 1470. The van der Waals surface area contributed by atoms with E-state index < -0.39 is 28.0 Å². The molecular weight excluding hydrogens is 539 g/mol. The van der Waals surface area contributed by atoms with Gasteiger partial charge in [-0.3, -0.25) is 14.9 Å². The number of rotatable bonds is 5. The van der Waals surface area contributed by atoms with Gasteiger partial charge in [0.25, 0.3) is 11.8 Å². The molecule has 35 heavy (non-hydrogen) atoms. The van der Waals surface area contributed by atoms with Crippen LogP contribution in [0, 0.1) is 0 Å². The van der Waals surface area contributed by atoms with E-state index in [1.165, 1.54) is 66.7 Å². The zero-order valence-corrected chi connectivity index (χ0v) is 20.5. The fourth-order valence-electron chi connectivity index (χ4n) is 3.14. The van der Waals surface area contributed by atoms with E-state index in [-0.39, 0.29) is 37.5 Å². The molecule has 1 N–H and O–H groups in total. The highest BCUT2D eigenvalue weighted by molar-refractivity contribution is 7.87. The van der Waals surface area contributed by atoms with Crippen molar-refractivity contribution in [1.29, 1.82) is 0 Å². The van der Waals surface area contributed by atoms with E-state index in [0.717, 1.165) is 4.90 Å². The largest absolute Gasteiger partial charge is 0.376 e. The number of halogens is 3. The van der Waals surface area contributed by atoms with Crippen LogP contribution in [0.25, 0.3) is 6.08 Å². The maximum absolute atomic E-state index is 13.0. The number of urea groups is 1. The van der Waals surface area contributed by atoms with E-state index in [2.05, 4.69) is 5.32 Å². The molecule has 0 spiro atoms. The molecule has 0 atom stereocenters. The Kier molecular flexibility index (Phi) is 6.86. The number of benzene rings is 3. The van der Waals surface area contributed by atoms with Crippen LogP contribution in [0.2, 0.25) is 15.1 Å². The molecule has 0 saturated carbocycles. The van der Waals surface area contributed by atoms with Crippen molar-refractivity contribution in [3.63, 3.8) is 0 Å². The standard InChI is InChI=1S/C23H13Cl3N2O6S/c24-14-6-8-15(9-7-14)28-22(30)17(21(29)27-23(28)31)10-13-11-18(25)20(19(26)12-13)34-35(32,33)16-4-2-1-3-5-16/h1-12H,(H,27,29,31)/b17-10+. The van der Waals surface area contributed by atoms with E-state index in [9.17, 15) is 22.8 Å². The highest BCUT2D eigenvalue weighted by atomic mass is 35.5. The molecule has 0 aliphatic carbocycles. The van der Waals surface area contributed by atoms with Crippen molar-refractivity contribution >= 4 is 74.5 Å². The van der Waals surface area contributed by atoms with E-state index in [4.69, 9.17) is 39.0 Å². The minimum absolute atomic E-state index is 0.102. The van der Waals surface area contributed by atoms with Gasteiger partial charge in [-0.1, -0.05) is 53.0 Å². The topological polar surface area (TPSA) is 110 Å². The molecule has 0 bridgehead atoms. The third-order valence-corrected chi connectivity index (χ3v) is 6.79. The molecule has 12 heteroatoms. The van der Waals surface area contributed by atoms with E-state index >= 15 is 0 Å². The summed E-state index contributed by atoms with van der Waals surface area (Å²) in [5.41, 5.74) is 0.00635. The molecule has 1 saturated heterocycles. The molecule has 1 fully saturated rings. The number of hydrogen-bond acceptors (Lipinski definition) is 6. The first kappa shape index (κ1) is 24.7. The molecule has 4 rings (SSSR count). The average Bonchev–Trinajstić information content (AvgIpc) is 2.81. The average molecular weight is 552 g/mol. The molecule has 3 aromatic carbocycles. The molecular formula is C23H13Cl3N2O6S. The molecule has 0 aromatic heterocycles. The summed E-state index contributed by atoms with van der Waals surface area (Å²) in [4.78, 5) is 38.4. The number of barbiturate groups is 1. The minimum atomic E-state index is -4.22. The van der Waals surface area contributed by atoms with Gasteiger partial charge in [-0.15, -0.1) is 0 Å². The third-order valence-electron chi connectivity index (χ3n) is 4.74. The van der Waals surface area contributed by atoms with Gasteiger partial charge in [-0.05, 0) is 60.2 Å². The molecule has 1 heterocycles. The number of carbonyl (C=O) groups is 3. The Labute approximate surface area is 214 Å². The second-order valence-electron chi connectivity index (χ2n) is 7.10. The fraction of sp³-hybridized carbons (Fsp3) is 0. The predicted octanol–water partition coefficient (Wildman–Crippen LogP) is 5.08. The van der Waals surface area contributed by atoms with Gasteiger partial charge in [0.15, 0.2) is 5.75 Å². The first-order valence-corrected chi connectivity index (χ1v) is 12.3. The number of hydrogen-bond donors (Lipinski definition) is 1. The lowest BCUT2D eigenvalue weighted by Crippen LogP contribution is -2.54. The van der Waals surface area contributed by atoms with Crippen LogP contribution in [0.1, 0.15) is 5.56 Å². The van der Waals surface area contributed by atoms with Crippen LogP contribution in [0.15, 0.2) is 77.2 Å². The number of imide groups is 2. The maximum atomic E-state index is 13.0. The van der Waals surface area contributed by atoms with Gasteiger partial charge in [-0.2, -0.15) is 8.42 Å². The van der Waals surface area contributed by atoms with Gasteiger partial charge in [-0.25, -0.2) is 9.69 Å². The molecule has 0 unspecified atom stereocenters. The van der Waals surface area contributed by atoms with Crippen LogP contribution >= 0.6 is 34.8 Å². The summed E-state index contributed by atoms with van der Waals surface area (Å²) < 4.78 is 30.2. The van der Waals surface area contributed by atoms with Crippen molar-refractivity contribution in [3.8, 4) is 5.75 Å². The minimum Gasteiger partial charge on any atom is -0.376 e. The van der Waals surface area contributed by atoms with Gasteiger partial charge >= 0.3 is 16.1 Å². The Hall–Kier alpha value is -3.37. The summed E-state index contributed by atoms with van der Waals surface area (Å²) >= 11 is 18.3. The lowest BCUT2D eigenvalue weighted by molar-refractivity contribution is -0.122. The Balaban J connectivity index is 1.67. The molecule has 0 radical (unpaired) electrons. The number of nitrogens with one attached hydrogen (secondary N) is 1. The van der Waals surface area contributed by atoms with Crippen molar-refractivity contribution < 1.29 is 27.0 Å². The van der Waals surface area contributed by atoms with Crippen molar-refractivity contribution in [2.75, 3.05) is 4.90 Å². The van der Waals surface area contributed by atoms with Crippen LogP contribution in [-0.2, 0) is 19.7 Å². The summed E-state index contributed by atoms with van der Waals surface area (Å²) in [6.07, 6.45) is 1.17. The number of anilines is 1. The number of nitrogens with zero attached hydrogens (tertiary/aromatic N) is 1. The van der Waals surface area contributed by atoms with Crippen LogP contribution < -0.4 is 14.4 Å². The predicted molar refractivity (Wildman–Crippen MR) is 131 cm³/mol. The molecule has 8 nitrogen and oxygen atoms in total. The van der Waals surface area contributed by atoms with E-state index in [1.54, 1.807) is 6.07 Å². The van der Waals surface area contributed by atoms with Crippen molar-refractivity contribution in [2.24, 2.45) is 0 Å². The van der Waals surface area contributed by atoms with Gasteiger partial charge in [0.1, 0.15) is 10.5 Å². The second kappa shape index (κ2) is 9.71. The third kappa shape index (κ3) is 5.18. The van der Waals surface area contributed by atoms with Crippen LogP contribution in [0.3, 0.4) is 0 Å². The first-order chi connectivity index (χ1) is 16.6. The van der Waals surface area contributed by atoms with Crippen molar-refractivity contribution in [2.45, 2.75) is 4.90 Å². The lowest BCUT2D eigenvalue weighted by atomic mass is 10.1. The molecule has 178 valence electrons. The summed E-state index contributed by atoms with van der Waals surface area (Å²) in [5, 5.41) is 2.12. The van der Waals surface area contributed by atoms with E-state index in [1.807, 2.05) is 0 Å². The molecule has 1 aliphatic rings. The van der Waals surface area contributed by atoms with Crippen molar-refractivity contribution in [3.05, 3.63) is 92.9 Å². The van der Waals surface area contributed by atoms with Crippen molar-refractivity contribution in [1.82, 2.24) is 5.32 Å². The summed E-state index contributed by atoms with van der Waals surface area (Å²) in [6.45, 7) is 0. The second-order valence-corrected chi connectivity index (χ2v) is 9.90. The summed E-state index contributed by atoms with van der Waals surface area (Å²) in [5.74, 6) is -2.14. The number of carbonyl (C=O) groups excluding carboxylic acids is 3. The monoisotopic (exact) mass is 550 g/mol. The Morgan fingerprint density at radius 1 is 0.857 bits per heavy atom. The SMILES string of the molecule is O=C1NC(=O)N(c2ccc(Cl)cc2)C(=O)/C1=C/c1cc(Cl)c(OS(=O)(=O)c2ccccc2)c(Cl)c1. The van der Waals surface area contributed by atoms with Crippen LogP contribution in [0.4, 0.5) is 10.5 Å². The van der Waals surface area contributed by atoms with E-state index in [0.29, 0.717) is 5.02 Å². The van der Waals surface area contributed by atoms with Gasteiger partial charge in [0.2, 0.25) is 0 Å². The maximum Gasteiger partial charge on any atom is 0.339 e. The molecule has 4 amide bonds. The van der Waals surface area contributed by atoms with Gasteiger partial charge in [0, 0.05) is 5.02 Å².